The van der Waals surface area contributed by atoms with Crippen molar-refractivity contribution in [1.82, 2.24) is 5.32 Å². The molecular weight excluding hydrogens is 206 g/mol. The Morgan fingerprint density at radius 2 is 2.38 bits per heavy atom. The van der Waals surface area contributed by atoms with Gasteiger partial charge in [-0.05, 0) is 12.5 Å². The fraction of sp³-hybridized carbons (Fsp3) is 0.417. The number of rotatable bonds is 2. The van der Waals surface area contributed by atoms with Gasteiger partial charge >= 0.3 is 5.97 Å². The molecule has 1 unspecified atom stereocenters. The van der Waals surface area contributed by atoms with E-state index in [0.29, 0.717) is 13.2 Å². The van der Waals surface area contributed by atoms with Gasteiger partial charge in [0.05, 0.1) is 13.2 Å². The second-order valence-corrected chi connectivity index (χ2v) is 4.06. The third-order valence-corrected chi connectivity index (χ3v) is 2.87. The van der Waals surface area contributed by atoms with Crippen LogP contribution in [0.25, 0.3) is 0 Å². The third-order valence-electron chi connectivity index (χ3n) is 2.87. The average Bonchev–Trinajstić information content (AvgIpc) is 2.30. The lowest BCUT2D eigenvalue weighted by Gasteiger charge is -2.34. The summed E-state index contributed by atoms with van der Waals surface area (Å²) in [6.07, 6.45) is 0. The van der Waals surface area contributed by atoms with Gasteiger partial charge in [0.15, 0.2) is 5.54 Å². The van der Waals surface area contributed by atoms with E-state index in [2.05, 4.69) is 5.32 Å². The molecule has 1 aliphatic heterocycles. The quantitative estimate of drug-likeness (QED) is 0.779. The average molecular weight is 221 g/mol. The van der Waals surface area contributed by atoms with Gasteiger partial charge in [0, 0.05) is 6.54 Å². The molecule has 1 saturated heterocycles. The zero-order valence-corrected chi connectivity index (χ0v) is 9.19. The highest BCUT2D eigenvalue weighted by atomic mass is 16.5. The van der Waals surface area contributed by atoms with Crippen molar-refractivity contribution in [2.75, 3.05) is 19.8 Å². The second-order valence-electron chi connectivity index (χ2n) is 4.06. The summed E-state index contributed by atoms with van der Waals surface area (Å²) in [6, 6.07) is 7.52. The molecule has 0 bridgehead atoms. The highest BCUT2D eigenvalue weighted by Crippen LogP contribution is 2.25. The van der Waals surface area contributed by atoms with Gasteiger partial charge in [0.25, 0.3) is 0 Å². The standard InChI is InChI=1S/C12H15NO3/c1-9-3-2-4-10(7-9)12(11(14)15)8-16-6-5-13-12/h2-4,7,13H,5-6,8H2,1H3,(H,14,15). The van der Waals surface area contributed by atoms with Crippen molar-refractivity contribution in [2.45, 2.75) is 12.5 Å². The molecule has 0 radical (unpaired) electrons. The molecule has 86 valence electrons. The van der Waals surface area contributed by atoms with Crippen molar-refractivity contribution in [2.24, 2.45) is 0 Å². The minimum absolute atomic E-state index is 0.172. The minimum Gasteiger partial charge on any atom is -0.480 e. The highest BCUT2D eigenvalue weighted by Gasteiger charge is 2.42. The van der Waals surface area contributed by atoms with Crippen molar-refractivity contribution >= 4 is 5.97 Å². The fourth-order valence-electron chi connectivity index (χ4n) is 1.97. The number of benzene rings is 1. The predicted molar refractivity (Wildman–Crippen MR) is 59.3 cm³/mol. The van der Waals surface area contributed by atoms with Gasteiger partial charge in [-0.3, -0.25) is 5.32 Å². The zero-order valence-electron chi connectivity index (χ0n) is 9.19. The summed E-state index contributed by atoms with van der Waals surface area (Å²) in [5, 5.41) is 12.4. The summed E-state index contributed by atoms with van der Waals surface area (Å²) in [7, 11) is 0. The molecule has 16 heavy (non-hydrogen) atoms. The number of carboxylic acid groups (broad SMARTS) is 1. The van der Waals surface area contributed by atoms with Crippen LogP contribution in [0, 0.1) is 6.92 Å². The van der Waals surface area contributed by atoms with Crippen LogP contribution in [0.1, 0.15) is 11.1 Å². The molecule has 4 nitrogen and oxygen atoms in total. The molecule has 1 fully saturated rings. The van der Waals surface area contributed by atoms with Crippen LogP contribution in [0.4, 0.5) is 0 Å². The number of morpholine rings is 1. The lowest BCUT2D eigenvalue weighted by molar-refractivity contribution is -0.151. The summed E-state index contributed by atoms with van der Waals surface area (Å²) in [6.45, 7) is 3.23. The van der Waals surface area contributed by atoms with Crippen LogP contribution >= 0.6 is 0 Å². The number of aryl methyl sites for hydroxylation is 1. The summed E-state index contributed by atoms with van der Waals surface area (Å²) in [5.41, 5.74) is 0.703. The van der Waals surface area contributed by atoms with Crippen molar-refractivity contribution in [1.29, 1.82) is 0 Å². The van der Waals surface area contributed by atoms with Crippen molar-refractivity contribution < 1.29 is 14.6 Å². The Balaban J connectivity index is 2.42. The highest BCUT2D eigenvalue weighted by molar-refractivity contribution is 5.81. The summed E-state index contributed by atoms with van der Waals surface area (Å²) >= 11 is 0. The van der Waals surface area contributed by atoms with E-state index >= 15 is 0 Å². The monoisotopic (exact) mass is 221 g/mol. The molecule has 1 heterocycles. The van der Waals surface area contributed by atoms with E-state index in [1.165, 1.54) is 0 Å². The van der Waals surface area contributed by atoms with Gasteiger partial charge in [-0.25, -0.2) is 4.79 Å². The number of aliphatic carboxylic acids is 1. The summed E-state index contributed by atoms with van der Waals surface area (Å²) in [4.78, 5) is 11.4. The lowest BCUT2D eigenvalue weighted by atomic mass is 9.89. The first kappa shape index (κ1) is 11.1. The number of carboxylic acids is 1. The van der Waals surface area contributed by atoms with Crippen LogP contribution in [0.5, 0.6) is 0 Å². The maximum atomic E-state index is 11.4. The SMILES string of the molecule is Cc1cccc(C2(C(=O)O)COCCN2)c1. The Bertz CT molecular complexity index is 397. The fourth-order valence-corrected chi connectivity index (χ4v) is 1.97. The van der Waals surface area contributed by atoms with Crippen molar-refractivity contribution in [3.05, 3.63) is 35.4 Å². The second kappa shape index (κ2) is 4.23. The number of nitrogens with one attached hydrogen (secondary N) is 1. The van der Waals surface area contributed by atoms with E-state index in [9.17, 15) is 9.90 Å². The Labute approximate surface area is 94.2 Å². The molecule has 0 amide bonds. The summed E-state index contributed by atoms with van der Waals surface area (Å²) in [5.74, 6) is -0.891. The molecule has 0 aliphatic carbocycles. The van der Waals surface area contributed by atoms with Crippen LogP contribution in [-0.4, -0.2) is 30.8 Å². The molecule has 0 saturated carbocycles. The van der Waals surface area contributed by atoms with E-state index in [-0.39, 0.29) is 6.61 Å². The van der Waals surface area contributed by atoms with E-state index in [0.717, 1.165) is 11.1 Å². The minimum atomic E-state index is -1.09. The van der Waals surface area contributed by atoms with Gasteiger partial charge < -0.3 is 9.84 Å². The van der Waals surface area contributed by atoms with Crippen LogP contribution in [-0.2, 0) is 15.1 Å². The maximum absolute atomic E-state index is 11.4. The van der Waals surface area contributed by atoms with Gasteiger partial charge in [-0.2, -0.15) is 0 Å². The molecule has 0 aromatic heterocycles. The van der Waals surface area contributed by atoms with Crippen LogP contribution in [0.2, 0.25) is 0 Å². The number of hydrogen-bond donors (Lipinski definition) is 2. The zero-order chi connectivity index (χ0) is 11.6. The number of carbonyl (C=O) groups is 1. The Kier molecular flexibility index (Phi) is 2.94. The maximum Gasteiger partial charge on any atom is 0.331 e. The predicted octanol–water partition coefficient (Wildman–Crippen LogP) is 0.895. The van der Waals surface area contributed by atoms with E-state index < -0.39 is 11.5 Å². The Hall–Kier alpha value is -1.39. The van der Waals surface area contributed by atoms with Gasteiger partial charge in [0.2, 0.25) is 0 Å². The van der Waals surface area contributed by atoms with Crippen molar-refractivity contribution in [3.8, 4) is 0 Å². The lowest BCUT2D eigenvalue weighted by Crippen LogP contribution is -2.56. The van der Waals surface area contributed by atoms with Crippen molar-refractivity contribution in [3.63, 3.8) is 0 Å². The molecule has 4 heteroatoms. The van der Waals surface area contributed by atoms with E-state index in [4.69, 9.17) is 4.74 Å². The van der Waals surface area contributed by atoms with E-state index in [1.54, 1.807) is 0 Å². The summed E-state index contributed by atoms with van der Waals surface area (Å²) < 4.78 is 5.30. The largest absolute Gasteiger partial charge is 0.480 e. The van der Waals surface area contributed by atoms with Crippen LogP contribution < -0.4 is 5.32 Å². The number of ether oxygens (including phenoxy) is 1. The normalized spacial score (nSPS) is 25.3. The molecule has 1 aromatic rings. The van der Waals surface area contributed by atoms with Crippen LogP contribution in [0.3, 0.4) is 0 Å². The first-order valence-electron chi connectivity index (χ1n) is 5.28. The molecular formula is C12H15NO3. The van der Waals surface area contributed by atoms with Crippen LogP contribution in [0.15, 0.2) is 24.3 Å². The molecule has 2 N–H and O–H groups in total. The molecule has 2 rings (SSSR count). The molecule has 0 spiro atoms. The number of hydrogen-bond acceptors (Lipinski definition) is 3. The van der Waals surface area contributed by atoms with Gasteiger partial charge in [0.1, 0.15) is 0 Å². The Morgan fingerprint density at radius 3 is 2.94 bits per heavy atom. The molecule has 1 aromatic carbocycles. The Morgan fingerprint density at radius 1 is 1.56 bits per heavy atom. The molecule has 1 aliphatic rings. The van der Waals surface area contributed by atoms with Gasteiger partial charge in [-0.1, -0.05) is 29.8 Å². The third kappa shape index (κ3) is 1.81. The first-order chi connectivity index (χ1) is 7.65. The smallest absolute Gasteiger partial charge is 0.331 e. The van der Waals surface area contributed by atoms with E-state index in [1.807, 2.05) is 31.2 Å². The first-order valence-corrected chi connectivity index (χ1v) is 5.28. The van der Waals surface area contributed by atoms with Gasteiger partial charge in [-0.15, -0.1) is 0 Å². The molecule has 1 atom stereocenters. The topological polar surface area (TPSA) is 58.6 Å².